The Morgan fingerprint density at radius 1 is 1.62 bits per heavy atom. The molecule has 0 amide bonds. The van der Waals surface area contributed by atoms with Crippen molar-refractivity contribution in [3.8, 4) is 0 Å². The van der Waals surface area contributed by atoms with Gasteiger partial charge in [-0.1, -0.05) is 0 Å². The van der Waals surface area contributed by atoms with E-state index in [1.807, 2.05) is 0 Å². The van der Waals surface area contributed by atoms with Gasteiger partial charge in [0.15, 0.2) is 12.4 Å². The number of rotatable bonds is 0. The quantitative estimate of drug-likeness (QED) is 0.427. The summed E-state index contributed by atoms with van der Waals surface area (Å²) >= 11 is 0. The Bertz CT molecular complexity index is 117. The summed E-state index contributed by atoms with van der Waals surface area (Å²) in [5.74, 6) is -0.280. The van der Waals surface area contributed by atoms with E-state index in [4.69, 9.17) is 4.74 Å². The minimum Gasteiger partial charge on any atom is -0.436 e. The Kier molecular flexibility index (Phi) is 1.01. The minimum atomic E-state index is -0.708. The molecule has 0 atom stereocenters. The van der Waals surface area contributed by atoms with Gasteiger partial charge in [0.25, 0.3) is 0 Å². The van der Waals surface area contributed by atoms with Gasteiger partial charge in [-0.2, -0.15) is 0 Å². The fourth-order valence-electron chi connectivity index (χ4n) is 0.463. The number of esters is 1. The Balaban J connectivity index is 2.68. The van der Waals surface area contributed by atoms with Gasteiger partial charge in [0.1, 0.15) is 0 Å². The maximum atomic E-state index is 10.5. The van der Waals surface area contributed by atoms with Crippen LogP contribution in [0, 0.1) is 0 Å². The van der Waals surface area contributed by atoms with E-state index >= 15 is 0 Å². The molecule has 0 N–H and O–H groups in total. The predicted molar refractivity (Wildman–Crippen MR) is 26.1 cm³/mol. The highest BCUT2D eigenvalue weighted by molar-refractivity contribution is 5.79. The van der Waals surface area contributed by atoms with Crippen LogP contribution in [0.1, 0.15) is 13.8 Å². The molecule has 0 saturated carbocycles. The zero-order valence-electron chi connectivity index (χ0n) is 4.93. The van der Waals surface area contributed by atoms with Gasteiger partial charge in [-0.3, -0.25) is 0 Å². The molecule has 0 aromatic rings. The Morgan fingerprint density at radius 2 is 2.25 bits per heavy atom. The van der Waals surface area contributed by atoms with Gasteiger partial charge in [0.2, 0.25) is 0 Å². The van der Waals surface area contributed by atoms with Crippen LogP contribution in [0.5, 0.6) is 0 Å². The number of carbonyl (C=O) groups excluding carboxylic acids is 1. The lowest BCUT2D eigenvalue weighted by Crippen LogP contribution is -2.27. The van der Waals surface area contributed by atoms with E-state index in [2.05, 4.69) is 4.74 Å². The SMILES string of the molecule is CC1(C)OCOC1=O. The monoisotopic (exact) mass is 116 g/mol. The van der Waals surface area contributed by atoms with Crippen molar-refractivity contribution in [3.05, 3.63) is 0 Å². The fraction of sp³-hybridized carbons (Fsp3) is 0.800. The second kappa shape index (κ2) is 1.45. The summed E-state index contributed by atoms with van der Waals surface area (Å²) in [4.78, 5) is 10.5. The number of carbonyl (C=O) groups is 1. The first kappa shape index (κ1) is 5.56. The van der Waals surface area contributed by atoms with Crippen molar-refractivity contribution in [2.45, 2.75) is 19.4 Å². The molecule has 0 aromatic heterocycles. The molecule has 3 heteroatoms. The molecule has 0 spiro atoms. The van der Waals surface area contributed by atoms with Crippen molar-refractivity contribution in [2.75, 3.05) is 6.79 Å². The maximum Gasteiger partial charge on any atom is 0.340 e. The summed E-state index contributed by atoms with van der Waals surface area (Å²) in [6, 6.07) is 0. The summed E-state index contributed by atoms with van der Waals surface area (Å²) in [6.45, 7) is 3.47. The van der Waals surface area contributed by atoms with Crippen molar-refractivity contribution in [3.63, 3.8) is 0 Å². The van der Waals surface area contributed by atoms with Crippen LogP contribution in [0.15, 0.2) is 0 Å². The van der Waals surface area contributed by atoms with E-state index < -0.39 is 5.60 Å². The minimum absolute atomic E-state index is 0.103. The van der Waals surface area contributed by atoms with Crippen molar-refractivity contribution in [2.24, 2.45) is 0 Å². The lowest BCUT2D eigenvalue weighted by Gasteiger charge is -2.07. The number of cyclic esters (lactones) is 1. The molecule has 0 aliphatic carbocycles. The van der Waals surface area contributed by atoms with Crippen LogP contribution in [-0.2, 0) is 14.3 Å². The molecule has 1 fully saturated rings. The molecule has 1 aliphatic heterocycles. The second-order valence-electron chi connectivity index (χ2n) is 2.20. The molecule has 0 bridgehead atoms. The first-order chi connectivity index (χ1) is 3.63. The van der Waals surface area contributed by atoms with Gasteiger partial charge < -0.3 is 9.47 Å². The molecule has 0 aromatic carbocycles. The van der Waals surface area contributed by atoms with Crippen molar-refractivity contribution >= 4 is 5.97 Å². The summed E-state index contributed by atoms with van der Waals surface area (Å²) in [7, 11) is 0. The van der Waals surface area contributed by atoms with Crippen LogP contribution in [0.3, 0.4) is 0 Å². The fourth-order valence-corrected chi connectivity index (χ4v) is 0.463. The third-order valence-electron chi connectivity index (χ3n) is 1.10. The highest BCUT2D eigenvalue weighted by Gasteiger charge is 2.35. The van der Waals surface area contributed by atoms with Gasteiger partial charge in [-0.25, -0.2) is 4.79 Å². The molecule has 46 valence electrons. The predicted octanol–water partition coefficient (Wildman–Crippen LogP) is 0.296. The Morgan fingerprint density at radius 3 is 2.38 bits per heavy atom. The van der Waals surface area contributed by atoms with E-state index in [0.717, 1.165) is 0 Å². The highest BCUT2D eigenvalue weighted by atomic mass is 16.7. The lowest BCUT2D eigenvalue weighted by atomic mass is 10.1. The van der Waals surface area contributed by atoms with Crippen molar-refractivity contribution in [1.29, 1.82) is 0 Å². The first-order valence-corrected chi connectivity index (χ1v) is 2.44. The molecule has 1 aliphatic rings. The first-order valence-electron chi connectivity index (χ1n) is 2.44. The number of hydrogen-bond acceptors (Lipinski definition) is 3. The van der Waals surface area contributed by atoms with Crippen LogP contribution in [0.2, 0.25) is 0 Å². The third kappa shape index (κ3) is 0.690. The normalized spacial score (nSPS) is 25.5. The average Bonchev–Trinajstić information content (AvgIpc) is 1.86. The summed E-state index contributed by atoms with van der Waals surface area (Å²) in [6.07, 6.45) is 0. The molecule has 1 heterocycles. The molecular formula is C5H8O3. The molecule has 1 rings (SSSR count). The standard InChI is InChI=1S/C5H8O3/c1-5(2)4(6)7-3-8-5/h3H2,1-2H3. The molecule has 0 unspecified atom stereocenters. The Labute approximate surface area is 47.6 Å². The van der Waals surface area contributed by atoms with Gasteiger partial charge in [-0.05, 0) is 13.8 Å². The summed E-state index contributed by atoms with van der Waals surface area (Å²) < 4.78 is 9.39. The van der Waals surface area contributed by atoms with Crippen LogP contribution in [-0.4, -0.2) is 18.4 Å². The van der Waals surface area contributed by atoms with E-state index in [1.54, 1.807) is 13.8 Å². The van der Waals surface area contributed by atoms with Crippen molar-refractivity contribution in [1.82, 2.24) is 0 Å². The molecule has 1 saturated heterocycles. The van der Waals surface area contributed by atoms with Gasteiger partial charge in [0.05, 0.1) is 0 Å². The van der Waals surface area contributed by atoms with Crippen LogP contribution >= 0.6 is 0 Å². The topological polar surface area (TPSA) is 35.5 Å². The van der Waals surface area contributed by atoms with Gasteiger partial charge in [0, 0.05) is 0 Å². The summed E-state index contributed by atoms with van der Waals surface area (Å²) in [5.41, 5.74) is -0.708. The Hall–Kier alpha value is -0.570. The zero-order chi connectivity index (χ0) is 6.20. The van der Waals surface area contributed by atoms with E-state index in [1.165, 1.54) is 0 Å². The van der Waals surface area contributed by atoms with E-state index in [-0.39, 0.29) is 12.8 Å². The molecular weight excluding hydrogens is 108 g/mol. The van der Waals surface area contributed by atoms with E-state index in [0.29, 0.717) is 0 Å². The number of hydrogen-bond donors (Lipinski definition) is 0. The molecule has 8 heavy (non-hydrogen) atoms. The average molecular weight is 116 g/mol. The van der Waals surface area contributed by atoms with E-state index in [9.17, 15) is 4.79 Å². The third-order valence-corrected chi connectivity index (χ3v) is 1.10. The summed E-state index contributed by atoms with van der Waals surface area (Å²) in [5, 5.41) is 0. The largest absolute Gasteiger partial charge is 0.436 e. The molecule has 0 radical (unpaired) electrons. The number of ether oxygens (including phenoxy) is 2. The second-order valence-corrected chi connectivity index (χ2v) is 2.20. The van der Waals surface area contributed by atoms with Crippen molar-refractivity contribution < 1.29 is 14.3 Å². The van der Waals surface area contributed by atoms with Gasteiger partial charge >= 0.3 is 5.97 Å². The van der Waals surface area contributed by atoms with Crippen LogP contribution < -0.4 is 0 Å². The highest BCUT2D eigenvalue weighted by Crippen LogP contribution is 2.17. The maximum absolute atomic E-state index is 10.5. The molecule has 3 nitrogen and oxygen atoms in total. The lowest BCUT2D eigenvalue weighted by molar-refractivity contribution is -0.142. The van der Waals surface area contributed by atoms with Gasteiger partial charge in [-0.15, -0.1) is 0 Å². The van der Waals surface area contributed by atoms with Crippen LogP contribution in [0.4, 0.5) is 0 Å². The van der Waals surface area contributed by atoms with Crippen LogP contribution in [0.25, 0.3) is 0 Å². The smallest absolute Gasteiger partial charge is 0.340 e. The zero-order valence-corrected chi connectivity index (χ0v) is 4.93.